The fraction of sp³-hybridized carbons (Fsp3) is 0.364. The Morgan fingerprint density at radius 1 is 1.24 bits per heavy atom. The second kappa shape index (κ2) is 6.23. The molecule has 0 fully saturated rings. The van der Waals surface area contributed by atoms with Crippen molar-refractivity contribution < 1.29 is 18.0 Å². The van der Waals surface area contributed by atoms with Gasteiger partial charge in [0.2, 0.25) is 0 Å². The highest BCUT2D eigenvalue weighted by Crippen LogP contribution is 2.28. The van der Waals surface area contributed by atoms with Crippen molar-refractivity contribution in [3.63, 3.8) is 0 Å². The molecule has 17 heavy (non-hydrogen) atoms. The topological polar surface area (TPSA) is 29.1 Å². The van der Waals surface area contributed by atoms with Crippen molar-refractivity contribution in [2.75, 3.05) is 11.0 Å². The summed E-state index contributed by atoms with van der Waals surface area (Å²) in [4.78, 5) is 11.5. The number of hydrogen-bond donors (Lipinski definition) is 1. The Hall–Kier alpha value is -0.790. The van der Waals surface area contributed by atoms with Crippen LogP contribution in [0.3, 0.4) is 0 Å². The number of nitrogens with one attached hydrogen (secondary N) is 1. The number of hydrogen-bond acceptors (Lipinski definition) is 1. The molecular formula is C11H11F3INO. The van der Waals surface area contributed by atoms with Crippen LogP contribution in [-0.2, 0) is 6.18 Å². The number of carbonyl (C=O) groups excluding carboxylic acids is 1. The van der Waals surface area contributed by atoms with Crippen LogP contribution >= 0.6 is 22.6 Å². The Kier molecular flexibility index (Phi) is 5.23. The van der Waals surface area contributed by atoms with Gasteiger partial charge < -0.3 is 5.32 Å². The van der Waals surface area contributed by atoms with Crippen molar-refractivity contribution in [2.24, 2.45) is 0 Å². The van der Waals surface area contributed by atoms with E-state index in [1.165, 1.54) is 12.1 Å². The average Bonchev–Trinajstić information content (AvgIpc) is 2.28. The van der Waals surface area contributed by atoms with Gasteiger partial charge in [-0.05, 0) is 30.7 Å². The highest BCUT2D eigenvalue weighted by atomic mass is 127. The summed E-state index contributed by atoms with van der Waals surface area (Å²) in [5.74, 6) is -0.344. The van der Waals surface area contributed by atoms with Crippen LogP contribution in [-0.4, -0.2) is 16.9 Å². The van der Waals surface area contributed by atoms with Gasteiger partial charge in [0, 0.05) is 16.5 Å². The van der Waals surface area contributed by atoms with E-state index in [1.54, 1.807) is 0 Å². The van der Waals surface area contributed by atoms with Crippen LogP contribution in [0.4, 0.5) is 13.2 Å². The number of amides is 1. The van der Waals surface area contributed by atoms with E-state index >= 15 is 0 Å². The van der Waals surface area contributed by atoms with E-state index in [2.05, 4.69) is 27.9 Å². The van der Waals surface area contributed by atoms with Crippen LogP contribution in [0.15, 0.2) is 24.3 Å². The largest absolute Gasteiger partial charge is 0.416 e. The first-order valence-corrected chi connectivity index (χ1v) is 6.49. The normalized spacial score (nSPS) is 11.3. The van der Waals surface area contributed by atoms with Gasteiger partial charge in [0.25, 0.3) is 5.91 Å². The Balaban J connectivity index is 2.64. The van der Waals surface area contributed by atoms with Crippen LogP contribution in [0.2, 0.25) is 0 Å². The first-order valence-electron chi connectivity index (χ1n) is 4.96. The molecule has 94 valence electrons. The molecule has 0 bridgehead atoms. The fourth-order valence-electron chi connectivity index (χ4n) is 1.18. The van der Waals surface area contributed by atoms with Crippen LogP contribution in [0.1, 0.15) is 22.3 Å². The molecule has 0 atom stereocenters. The molecule has 0 saturated heterocycles. The zero-order chi connectivity index (χ0) is 12.9. The van der Waals surface area contributed by atoms with Crippen molar-refractivity contribution in [1.29, 1.82) is 0 Å². The minimum atomic E-state index is -4.36. The summed E-state index contributed by atoms with van der Waals surface area (Å²) in [6.07, 6.45) is -3.52. The van der Waals surface area contributed by atoms with Crippen LogP contribution in [0.25, 0.3) is 0 Å². The summed E-state index contributed by atoms with van der Waals surface area (Å²) in [5, 5.41) is 2.63. The first kappa shape index (κ1) is 14.3. The minimum absolute atomic E-state index is 0.242. The third kappa shape index (κ3) is 4.53. The lowest BCUT2D eigenvalue weighted by atomic mass is 10.1. The van der Waals surface area contributed by atoms with E-state index in [1.807, 2.05) is 0 Å². The van der Waals surface area contributed by atoms with Gasteiger partial charge in [-0.1, -0.05) is 22.6 Å². The maximum Gasteiger partial charge on any atom is 0.416 e. The second-order valence-electron chi connectivity index (χ2n) is 3.37. The van der Waals surface area contributed by atoms with Crippen molar-refractivity contribution in [3.05, 3.63) is 35.4 Å². The fourth-order valence-corrected chi connectivity index (χ4v) is 1.56. The molecule has 0 heterocycles. The summed E-state index contributed by atoms with van der Waals surface area (Å²) < 4.78 is 37.7. The molecule has 1 aromatic carbocycles. The number of carbonyl (C=O) groups is 1. The third-order valence-corrected chi connectivity index (χ3v) is 2.83. The van der Waals surface area contributed by atoms with E-state index in [-0.39, 0.29) is 11.5 Å². The Bertz CT molecular complexity index is 375. The molecule has 0 aliphatic carbocycles. The number of rotatable bonds is 4. The molecular weight excluding hydrogens is 346 g/mol. The van der Waals surface area contributed by atoms with Gasteiger partial charge in [0.1, 0.15) is 0 Å². The molecule has 6 heteroatoms. The van der Waals surface area contributed by atoms with Crippen molar-refractivity contribution in [2.45, 2.75) is 12.6 Å². The third-order valence-electron chi connectivity index (χ3n) is 2.07. The van der Waals surface area contributed by atoms with Gasteiger partial charge in [-0.3, -0.25) is 4.79 Å². The Morgan fingerprint density at radius 3 is 2.29 bits per heavy atom. The lowest BCUT2D eigenvalue weighted by Gasteiger charge is -2.07. The summed E-state index contributed by atoms with van der Waals surface area (Å²) in [5.41, 5.74) is -0.507. The molecule has 2 nitrogen and oxygen atoms in total. The average molecular weight is 357 g/mol. The van der Waals surface area contributed by atoms with Crippen LogP contribution < -0.4 is 5.32 Å². The van der Waals surface area contributed by atoms with Gasteiger partial charge in [-0.25, -0.2) is 0 Å². The number of benzene rings is 1. The first-order chi connectivity index (χ1) is 7.95. The molecule has 0 aliphatic heterocycles. The lowest BCUT2D eigenvalue weighted by Crippen LogP contribution is -2.24. The van der Waals surface area contributed by atoms with Gasteiger partial charge in [0.15, 0.2) is 0 Å². The SMILES string of the molecule is O=C(NCCCI)c1ccc(C(F)(F)F)cc1. The standard InChI is InChI=1S/C11H11F3INO/c12-11(13,14)9-4-2-8(3-5-9)10(17)16-7-1-6-15/h2-5H,1,6-7H2,(H,16,17). The quantitative estimate of drug-likeness (QED) is 0.500. The van der Waals surface area contributed by atoms with E-state index in [4.69, 9.17) is 0 Å². The van der Waals surface area contributed by atoms with E-state index in [9.17, 15) is 18.0 Å². The highest BCUT2D eigenvalue weighted by molar-refractivity contribution is 14.1. The lowest BCUT2D eigenvalue weighted by molar-refractivity contribution is -0.137. The van der Waals surface area contributed by atoms with Crippen molar-refractivity contribution in [1.82, 2.24) is 5.32 Å². The van der Waals surface area contributed by atoms with E-state index < -0.39 is 11.7 Å². The van der Waals surface area contributed by atoms with Gasteiger partial charge in [-0.15, -0.1) is 0 Å². The maximum absolute atomic E-state index is 12.3. The molecule has 0 spiro atoms. The van der Waals surface area contributed by atoms with Crippen LogP contribution in [0, 0.1) is 0 Å². The molecule has 0 radical (unpaired) electrons. The minimum Gasteiger partial charge on any atom is -0.352 e. The number of alkyl halides is 4. The summed E-state index contributed by atoms with van der Waals surface area (Å²) in [6, 6.07) is 4.19. The summed E-state index contributed by atoms with van der Waals surface area (Å²) in [7, 11) is 0. The second-order valence-corrected chi connectivity index (χ2v) is 4.45. The molecule has 1 aromatic rings. The molecule has 1 amide bonds. The molecule has 1 rings (SSSR count). The maximum atomic E-state index is 12.3. The molecule has 0 saturated carbocycles. The highest BCUT2D eigenvalue weighted by Gasteiger charge is 2.30. The molecule has 0 aliphatic rings. The van der Waals surface area contributed by atoms with E-state index in [0.717, 1.165) is 23.0 Å². The zero-order valence-electron chi connectivity index (χ0n) is 8.85. The van der Waals surface area contributed by atoms with Crippen molar-refractivity contribution in [3.8, 4) is 0 Å². The molecule has 0 aromatic heterocycles. The zero-order valence-corrected chi connectivity index (χ0v) is 11.0. The summed E-state index contributed by atoms with van der Waals surface area (Å²) in [6.45, 7) is 0.531. The van der Waals surface area contributed by atoms with Gasteiger partial charge >= 0.3 is 6.18 Å². The Labute approximate surface area is 111 Å². The molecule has 0 unspecified atom stereocenters. The Morgan fingerprint density at radius 2 is 1.82 bits per heavy atom. The monoisotopic (exact) mass is 357 g/mol. The molecule has 1 N–H and O–H groups in total. The van der Waals surface area contributed by atoms with Gasteiger partial charge in [0.05, 0.1) is 5.56 Å². The predicted octanol–water partition coefficient (Wildman–Crippen LogP) is 3.26. The smallest absolute Gasteiger partial charge is 0.352 e. The predicted molar refractivity (Wildman–Crippen MR) is 67.3 cm³/mol. The van der Waals surface area contributed by atoms with E-state index in [0.29, 0.717) is 6.54 Å². The number of halogens is 4. The van der Waals surface area contributed by atoms with Crippen LogP contribution in [0.5, 0.6) is 0 Å². The summed E-state index contributed by atoms with van der Waals surface area (Å²) >= 11 is 2.19. The van der Waals surface area contributed by atoms with Gasteiger partial charge in [-0.2, -0.15) is 13.2 Å². The van der Waals surface area contributed by atoms with Crippen molar-refractivity contribution >= 4 is 28.5 Å².